The van der Waals surface area contributed by atoms with E-state index in [9.17, 15) is 4.79 Å². The van der Waals surface area contributed by atoms with Crippen molar-refractivity contribution < 1.29 is 9.21 Å². The van der Waals surface area contributed by atoms with Crippen molar-refractivity contribution >= 4 is 27.3 Å². The number of carbonyl (C=O) groups is 1. The van der Waals surface area contributed by atoms with E-state index < -0.39 is 0 Å². The molecule has 0 fully saturated rings. The summed E-state index contributed by atoms with van der Waals surface area (Å²) in [6, 6.07) is 3.68. The minimum atomic E-state index is -0.244. The molecule has 0 saturated carbocycles. The molecule has 0 atom stereocenters. The lowest BCUT2D eigenvalue weighted by atomic mass is 9.68. The van der Waals surface area contributed by atoms with Crippen molar-refractivity contribution in [3.8, 4) is 11.5 Å². The lowest BCUT2D eigenvalue weighted by Gasteiger charge is -2.16. The maximum atomic E-state index is 12.8. The van der Waals surface area contributed by atoms with E-state index in [1.165, 1.54) is 6.26 Å². The minimum absolute atomic E-state index is 0.206. The average Bonchev–Trinajstić information content (AvgIpc) is 3.21. The first-order valence-corrected chi connectivity index (χ1v) is 8.07. The predicted molar refractivity (Wildman–Crippen MR) is 100 cm³/mol. The van der Waals surface area contributed by atoms with Gasteiger partial charge in [0.2, 0.25) is 5.89 Å². The summed E-state index contributed by atoms with van der Waals surface area (Å²) < 4.78 is 7.21. The molecule has 0 bridgehead atoms. The van der Waals surface area contributed by atoms with E-state index in [1.54, 1.807) is 22.8 Å². The van der Waals surface area contributed by atoms with Gasteiger partial charge in [0.1, 0.15) is 22.0 Å². The molecule has 3 heterocycles. The zero-order valence-electron chi connectivity index (χ0n) is 15.0. The van der Waals surface area contributed by atoms with Crippen LogP contribution in [0.15, 0.2) is 35.2 Å². The predicted octanol–water partition coefficient (Wildman–Crippen LogP) is 0.320. The van der Waals surface area contributed by atoms with Gasteiger partial charge < -0.3 is 9.32 Å². The molecule has 3 aromatic rings. The molecule has 3 rings (SSSR count). The Morgan fingerprint density at radius 1 is 1.40 bits per heavy atom. The van der Waals surface area contributed by atoms with Gasteiger partial charge in [-0.05, 0) is 19.1 Å². The Balaban J connectivity index is 1.91. The van der Waals surface area contributed by atoms with Gasteiger partial charge in [-0.2, -0.15) is 5.10 Å². The molecule has 1 amide bonds. The molecule has 0 spiro atoms. The third kappa shape index (κ3) is 3.22. The number of aryl methyl sites for hydroxylation is 2. The van der Waals surface area contributed by atoms with E-state index in [0.29, 0.717) is 5.89 Å². The molecule has 0 saturated heterocycles. The smallest absolute Gasteiger partial charge is 0.280 e. The van der Waals surface area contributed by atoms with Crippen LogP contribution in [0.25, 0.3) is 11.5 Å². The molecule has 0 aliphatic rings. The number of anilines is 1. The Morgan fingerprint density at radius 2 is 2.16 bits per heavy atom. The third-order valence-electron chi connectivity index (χ3n) is 4.01. The largest absolute Gasteiger partial charge is 0.444 e. The quantitative estimate of drug-likeness (QED) is 0.642. The summed E-state index contributed by atoms with van der Waals surface area (Å²) in [7, 11) is 7.65. The summed E-state index contributed by atoms with van der Waals surface area (Å²) in [6.45, 7) is 1.87. The van der Waals surface area contributed by atoms with Crippen molar-refractivity contribution in [1.29, 1.82) is 0 Å². The fourth-order valence-electron chi connectivity index (χ4n) is 2.65. The van der Waals surface area contributed by atoms with Crippen molar-refractivity contribution in [1.82, 2.24) is 19.7 Å². The molecule has 0 aliphatic carbocycles. The number of pyridine rings is 1. The summed E-state index contributed by atoms with van der Waals surface area (Å²) in [5.41, 5.74) is 3.66. The molecule has 0 N–H and O–H groups in total. The number of hydrogen-bond acceptors (Lipinski definition) is 5. The normalized spacial score (nSPS) is 11.0. The van der Waals surface area contributed by atoms with Gasteiger partial charge in [-0.3, -0.25) is 14.5 Å². The summed E-state index contributed by atoms with van der Waals surface area (Å²) >= 11 is 0. The second kappa shape index (κ2) is 6.58. The van der Waals surface area contributed by atoms with Crippen molar-refractivity contribution in [3.05, 3.63) is 47.9 Å². The van der Waals surface area contributed by atoms with E-state index >= 15 is 0 Å². The lowest BCUT2D eigenvalue weighted by Crippen LogP contribution is -2.27. The van der Waals surface area contributed by atoms with E-state index in [0.717, 1.165) is 22.6 Å². The van der Waals surface area contributed by atoms with E-state index in [1.807, 2.05) is 48.0 Å². The average molecular weight is 335 g/mol. The van der Waals surface area contributed by atoms with Gasteiger partial charge in [0.05, 0.1) is 16.9 Å². The lowest BCUT2D eigenvalue weighted by molar-refractivity contribution is 0.0988. The van der Waals surface area contributed by atoms with Crippen molar-refractivity contribution in [2.24, 2.45) is 7.05 Å². The van der Waals surface area contributed by atoms with Crippen LogP contribution in [0.3, 0.4) is 0 Å². The number of aromatic nitrogens is 4. The topological polar surface area (TPSA) is 77.0 Å². The number of oxazole rings is 1. The Hall–Kier alpha value is -2.83. The Kier molecular flexibility index (Phi) is 4.48. The van der Waals surface area contributed by atoms with Gasteiger partial charge in [-0.15, -0.1) is 0 Å². The maximum absolute atomic E-state index is 12.8. The van der Waals surface area contributed by atoms with Gasteiger partial charge >= 0.3 is 0 Å². The van der Waals surface area contributed by atoms with Crippen molar-refractivity contribution in [2.75, 3.05) is 11.9 Å². The van der Waals surface area contributed by atoms with Gasteiger partial charge in [0.15, 0.2) is 5.69 Å². The number of rotatable bonds is 4. The van der Waals surface area contributed by atoms with Gasteiger partial charge in [0.25, 0.3) is 5.91 Å². The van der Waals surface area contributed by atoms with Crippen LogP contribution < -0.4 is 4.90 Å². The summed E-state index contributed by atoms with van der Waals surface area (Å²) in [5.74, 6) is 0.143. The molecule has 0 aliphatic heterocycles. The van der Waals surface area contributed by atoms with Crippen LogP contribution in [0, 0.1) is 6.92 Å². The van der Waals surface area contributed by atoms with Crippen LogP contribution in [-0.4, -0.2) is 48.4 Å². The van der Waals surface area contributed by atoms with Crippen LogP contribution in [0.2, 0.25) is 0 Å². The summed E-state index contributed by atoms with van der Waals surface area (Å²) in [4.78, 5) is 22.9. The van der Waals surface area contributed by atoms with Gasteiger partial charge in [-0.25, -0.2) is 4.98 Å². The molecule has 7 nitrogen and oxygen atoms in total. The maximum Gasteiger partial charge on any atom is 0.280 e. The molecule has 126 valence electrons. The molecular weight excluding hydrogens is 316 g/mol. The fourth-order valence-corrected chi connectivity index (χ4v) is 2.65. The molecule has 9 heteroatoms. The van der Waals surface area contributed by atoms with Crippen LogP contribution >= 0.6 is 0 Å². The number of carbonyl (C=O) groups excluding carboxylic acids is 1. The van der Waals surface area contributed by atoms with Crippen LogP contribution in [0.5, 0.6) is 0 Å². The molecular formula is C16H19B2N5O2. The molecule has 3 aromatic heterocycles. The molecule has 0 unspecified atom stereocenters. The Bertz CT molecular complexity index is 919. The third-order valence-corrected chi connectivity index (χ3v) is 4.01. The zero-order valence-corrected chi connectivity index (χ0v) is 15.0. The van der Waals surface area contributed by atoms with Crippen molar-refractivity contribution in [3.63, 3.8) is 0 Å². The van der Waals surface area contributed by atoms with Crippen molar-refractivity contribution in [2.45, 2.75) is 12.6 Å². The second-order valence-electron chi connectivity index (χ2n) is 6.27. The van der Waals surface area contributed by atoms with E-state index in [4.69, 9.17) is 4.42 Å². The monoisotopic (exact) mass is 335 g/mol. The SMILES string of the molecule is BC(B)c1nn(C)cc1N(C)C(=O)c1coc(-c2cccnc2C)n1. The highest BCUT2D eigenvalue weighted by molar-refractivity contribution is 6.36. The first-order valence-electron chi connectivity index (χ1n) is 8.07. The molecule has 0 radical (unpaired) electrons. The first-order chi connectivity index (χ1) is 11.9. The minimum Gasteiger partial charge on any atom is -0.444 e. The highest BCUT2D eigenvalue weighted by Gasteiger charge is 2.23. The number of amides is 1. The number of hydrogen-bond donors (Lipinski definition) is 0. The Labute approximate surface area is 147 Å². The fraction of sp³-hybridized carbons (Fsp3) is 0.250. The second-order valence-corrected chi connectivity index (χ2v) is 6.27. The zero-order chi connectivity index (χ0) is 18.1. The highest BCUT2D eigenvalue weighted by atomic mass is 16.3. The molecule has 0 aromatic carbocycles. The standard InChI is InChI=1S/C16H19B2N5O2/c1-9-10(5-4-6-19-9)15-20-11(8-25-15)16(24)23(3)12-7-22(2)21-13(12)14(17)18/h4-8,14H,17-18H2,1-3H3. The van der Waals surface area contributed by atoms with Gasteiger partial charge in [0, 0.05) is 32.2 Å². The van der Waals surface area contributed by atoms with Crippen LogP contribution in [0.4, 0.5) is 5.69 Å². The first kappa shape index (κ1) is 17.0. The van der Waals surface area contributed by atoms with Crippen LogP contribution in [-0.2, 0) is 7.05 Å². The number of nitrogens with zero attached hydrogens (tertiary/aromatic N) is 5. The highest BCUT2D eigenvalue weighted by Crippen LogP contribution is 2.25. The summed E-state index contributed by atoms with van der Waals surface area (Å²) in [5, 5.41) is 4.44. The van der Waals surface area contributed by atoms with E-state index in [2.05, 4.69) is 15.1 Å². The van der Waals surface area contributed by atoms with E-state index in [-0.39, 0.29) is 17.3 Å². The van der Waals surface area contributed by atoms with Gasteiger partial charge in [-0.1, -0.05) is 5.72 Å². The summed E-state index contributed by atoms with van der Waals surface area (Å²) in [6.07, 6.45) is 4.92. The Morgan fingerprint density at radius 3 is 2.84 bits per heavy atom. The van der Waals surface area contributed by atoms with Crippen LogP contribution in [0.1, 0.15) is 27.6 Å². The molecule has 25 heavy (non-hydrogen) atoms.